The Labute approximate surface area is 121 Å². The average Bonchev–Trinajstić information content (AvgIpc) is 3.21. The monoisotopic (exact) mass is 293 g/mol. The van der Waals surface area contributed by atoms with E-state index in [2.05, 4.69) is 22.4 Å². The molecule has 1 N–H and O–H groups in total. The van der Waals surface area contributed by atoms with Gasteiger partial charge in [0, 0.05) is 12.5 Å². The minimum atomic E-state index is 0.0504. The summed E-state index contributed by atoms with van der Waals surface area (Å²) in [5.74, 6) is 1.30. The predicted octanol–water partition coefficient (Wildman–Crippen LogP) is 1.68. The van der Waals surface area contributed by atoms with Gasteiger partial charge in [0.1, 0.15) is 5.01 Å². The summed E-state index contributed by atoms with van der Waals surface area (Å²) in [7, 11) is 0. The Hall–Kier alpha value is -1.05. The number of nitrogens with zero attached hydrogens (tertiary/aromatic N) is 4. The molecule has 2 saturated heterocycles. The Kier molecular flexibility index (Phi) is 3.01. The van der Waals surface area contributed by atoms with Crippen molar-refractivity contribution in [2.45, 2.75) is 44.1 Å². The first-order chi connectivity index (χ1) is 9.82. The molecule has 2 atom stereocenters. The molecule has 0 aliphatic carbocycles. The summed E-state index contributed by atoms with van der Waals surface area (Å²) in [5, 5.41) is 18.2. The molecule has 0 spiro atoms. The third kappa shape index (κ3) is 1.80. The van der Waals surface area contributed by atoms with Gasteiger partial charge in [-0.15, -0.1) is 10.2 Å². The van der Waals surface area contributed by atoms with E-state index in [-0.39, 0.29) is 5.54 Å². The lowest BCUT2D eigenvalue weighted by Gasteiger charge is -2.24. The Morgan fingerprint density at radius 1 is 1.50 bits per heavy atom. The van der Waals surface area contributed by atoms with Crippen molar-refractivity contribution in [2.75, 3.05) is 19.8 Å². The van der Waals surface area contributed by atoms with E-state index in [1.807, 2.05) is 4.52 Å². The molecule has 0 saturated carbocycles. The lowest BCUT2D eigenvalue weighted by atomic mass is 9.95. The second-order valence-electron chi connectivity index (χ2n) is 5.69. The topological polar surface area (TPSA) is 64.3 Å². The molecule has 6 nitrogen and oxygen atoms in total. The van der Waals surface area contributed by atoms with E-state index in [9.17, 15) is 0 Å². The van der Waals surface area contributed by atoms with Gasteiger partial charge in [0.15, 0.2) is 5.82 Å². The number of hydrogen-bond donors (Lipinski definition) is 1. The molecule has 2 aliphatic heterocycles. The van der Waals surface area contributed by atoms with Crippen molar-refractivity contribution in [3.8, 4) is 0 Å². The Morgan fingerprint density at radius 3 is 3.15 bits per heavy atom. The lowest BCUT2D eigenvalue weighted by Crippen LogP contribution is -2.36. The summed E-state index contributed by atoms with van der Waals surface area (Å²) in [5.41, 5.74) is 0.0504. The van der Waals surface area contributed by atoms with E-state index < -0.39 is 0 Å². The molecule has 2 fully saturated rings. The molecule has 4 rings (SSSR count). The summed E-state index contributed by atoms with van der Waals surface area (Å²) < 4.78 is 7.40. The van der Waals surface area contributed by atoms with Crippen LogP contribution in [0, 0.1) is 0 Å². The summed E-state index contributed by atoms with van der Waals surface area (Å²) in [6, 6.07) is 0. The quantitative estimate of drug-likeness (QED) is 0.932. The average molecular weight is 293 g/mol. The van der Waals surface area contributed by atoms with Gasteiger partial charge in [0.25, 0.3) is 0 Å². The molecular formula is C13H19N5OS. The minimum absolute atomic E-state index is 0.0504. The molecule has 108 valence electrons. The van der Waals surface area contributed by atoms with Crippen LogP contribution in [0.1, 0.15) is 49.4 Å². The second kappa shape index (κ2) is 4.75. The van der Waals surface area contributed by atoms with Gasteiger partial charge in [0.2, 0.25) is 4.96 Å². The number of nitrogens with one attached hydrogen (secondary N) is 1. The van der Waals surface area contributed by atoms with Crippen LogP contribution in [0.15, 0.2) is 0 Å². The van der Waals surface area contributed by atoms with Crippen molar-refractivity contribution < 1.29 is 4.74 Å². The maximum absolute atomic E-state index is 5.46. The predicted molar refractivity (Wildman–Crippen MR) is 76.0 cm³/mol. The summed E-state index contributed by atoms with van der Waals surface area (Å²) in [6.07, 6.45) is 4.47. The normalized spacial score (nSPS) is 30.6. The van der Waals surface area contributed by atoms with Gasteiger partial charge in [-0.1, -0.05) is 18.3 Å². The molecule has 2 unspecified atom stereocenters. The van der Waals surface area contributed by atoms with Gasteiger partial charge in [-0.2, -0.15) is 9.61 Å². The molecule has 0 aromatic carbocycles. The lowest BCUT2D eigenvalue weighted by molar-refractivity contribution is 0.193. The van der Waals surface area contributed by atoms with Gasteiger partial charge < -0.3 is 10.1 Å². The van der Waals surface area contributed by atoms with E-state index in [1.165, 1.54) is 6.42 Å². The molecule has 0 radical (unpaired) electrons. The summed E-state index contributed by atoms with van der Waals surface area (Å²) in [4.78, 5) is 0.906. The highest BCUT2D eigenvalue weighted by Gasteiger charge is 2.37. The molecule has 4 heterocycles. The van der Waals surface area contributed by atoms with Gasteiger partial charge in [-0.3, -0.25) is 0 Å². The van der Waals surface area contributed by atoms with Crippen LogP contribution < -0.4 is 5.32 Å². The molecule has 20 heavy (non-hydrogen) atoms. The zero-order chi connectivity index (χ0) is 13.6. The molecule has 2 aromatic heterocycles. The van der Waals surface area contributed by atoms with Crippen molar-refractivity contribution >= 4 is 16.3 Å². The highest BCUT2D eigenvalue weighted by molar-refractivity contribution is 7.16. The second-order valence-corrected chi connectivity index (χ2v) is 6.64. The molecule has 0 bridgehead atoms. The third-order valence-electron chi connectivity index (χ3n) is 4.57. The first-order valence-electron chi connectivity index (χ1n) is 7.38. The first-order valence-corrected chi connectivity index (χ1v) is 8.19. The fraction of sp³-hybridized carbons (Fsp3) is 0.769. The molecule has 7 heteroatoms. The van der Waals surface area contributed by atoms with Crippen LogP contribution in [-0.4, -0.2) is 39.6 Å². The van der Waals surface area contributed by atoms with E-state index in [4.69, 9.17) is 9.84 Å². The number of ether oxygens (including phenoxy) is 1. The largest absolute Gasteiger partial charge is 0.381 e. The zero-order valence-corrected chi connectivity index (χ0v) is 12.4. The SMILES string of the molecule is CCC1(c2nn3c(C4CCOC4)nnc3s2)CCCN1. The Bertz CT molecular complexity index is 609. The third-order valence-corrected chi connectivity index (χ3v) is 5.67. The van der Waals surface area contributed by atoms with Crippen molar-refractivity contribution in [3.63, 3.8) is 0 Å². The van der Waals surface area contributed by atoms with Crippen LogP contribution in [0.3, 0.4) is 0 Å². The number of fused-ring (bicyclic) bond motifs is 1. The van der Waals surface area contributed by atoms with Crippen LogP contribution >= 0.6 is 11.3 Å². The molecule has 0 amide bonds. The summed E-state index contributed by atoms with van der Waals surface area (Å²) in [6.45, 7) is 4.87. The van der Waals surface area contributed by atoms with Crippen LogP contribution in [0.25, 0.3) is 4.96 Å². The van der Waals surface area contributed by atoms with Crippen molar-refractivity contribution in [2.24, 2.45) is 0 Å². The smallest absolute Gasteiger partial charge is 0.234 e. The van der Waals surface area contributed by atoms with Crippen molar-refractivity contribution in [3.05, 3.63) is 10.8 Å². The highest BCUT2D eigenvalue weighted by atomic mass is 32.1. The zero-order valence-electron chi connectivity index (χ0n) is 11.6. The van der Waals surface area contributed by atoms with Gasteiger partial charge in [-0.05, 0) is 32.2 Å². The summed E-state index contributed by atoms with van der Waals surface area (Å²) >= 11 is 1.67. The van der Waals surface area contributed by atoms with E-state index in [0.29, 0.717) is 5.92 Å². The van der Waals surface area contributed by atoms with Crippen LogP contribution in [-0.2, 0) is 10.3 Å². The maximum atomic E-state index is 5.46. The van der Waals surface area contributed by atoms with Gasteiger partial charge in [-0.25, -0.2) is 0 Å². The van der Waals surface area contributed by atoms with Gasteiger partial charge >= 0.3 is 0 Å². The highest BCUT2D eigenvalue weighted by Crippen LogP contribution is 2.37. The maximum Gasteiger partial charge on any atom is 0.234 e. The molecular weight excluding hydrogens is 274 g/mol. The van der Waals surface area contributed by atoms with Crippen molar-refractivity contribution in [1.29, 1.82) is 0 Å². The fourth-order valence-corrected chi connectivity index (χ4v) is 4.37. The minimum Gasteiger partial charge on any atom is -0.381 e. The van der Waals surface area contributed by atoms with E-state index in [1.54, 1.807) is 11.3 Å². The first kappa shape index (κ1) is 12.7. The number of aromatic nitrogens is 4. The Morgan fingerprint density at radius 2 is 2.45 bits per heavy atom. The Balaban J connectivity index is 1.75. The standard InChI is InChI=1S/C13H19N5OS/c1-2-13(5-3-6-14-13)11-17-18-10(9-4-7-19-8-9)15-16-12(18)20-11/h9,14H,2-8H2,1H3. The van der Waals surface area contributed by atoms with Crippen LogP contribution in [0.2, 0.25) is 0 Å². The van der Waals surface area contributed by atoms with Crippen LogP contribution in [0.4, 0.5) is 0 Å². The fourth-order valence-electron chi connectivity index (χ4n) is 3.26. The van der Waals surface area contributed by atoms with Crippen molar-refractivity contribution in [1.82, 2.24) is 25.1 Å². The number of rotatable bonds is 3. The molecule has 2 aliphatic rings. The number of hydrogen-bond acceptors (Lipinski definition) is 6. The molecule has 2 aromatic rings. The van der Waals surface area contributed by atoms with E-state index >= 15 is 0 Å². The van der Waals surface area contributed by atoms with E-state index in [0.717, 1.165) is 54.8 Å². The van der Waals surface area contributed by atoms with Crippen LogP contribution in [0.5, 0.6) is 0 Å². The van der Waals surface area contributed by atoms with Gasteiger partial charge in [0.05, 0.1) is 12.1 Å².